The summed E-state index contributed by atoms with van der Waals surface area (Å²) in [6.45, 7) is 5.23. The molecule has 44 valence electrons. The molecule has 0 aliphatic carbocycles. The van der Waals surface area contributed by atoms with Crippen molar-refractivity contribution in [3.63, 3.8) is 0 Å². The van der Waals surface area contributed by atoms with Gasteiger partial charge in [0.15, 0.2) is 0 Å². The number of hydrogen-bond donors (Lipinski definition) is 1. The Balaban J connectivity index is -0.0000000267. The second-order valence-electron chi connectivity index (χ2n) is 2.17. The molecule has 0 rings (SSSR count). The van der Waals surface area contributed by atoms with E-state index in [1.165, 1.54) is 0 Å². The summed E-state index contributed by atoms with van der Waals surface area (Å²) in [6.07, 6.45) is 0. The van der Waals surface area contributed by atoms with Gasteiger partial charge in [-0.1, -0.05) is 0 Å². The summed E-state index contributed by atoms with van der Waals surface area (Å²) in [6, 6.07) is 0. The SMILES string of the molecule is CC(C)(C)O.O.[KH].[KH]. The number of rotatable bonds is 0. The van der Waals surface area contributed by atoms with E-state index in [0.717, 1.165) is 0 Å². The van der Waals surface area contributed by atoms with Gasteiger partial charge in [-0.25, -0.2) is 0 Å². The molecule has 0 aliphatic heterocycles. The van der Waals surface area contributed by atoms with E-state index in [-0.39, 0.29) is 108 Å². The molecule has 0 amide bonds. The van der Waals surface area contributed by atoms with Gasteiger partial charge in [0, 0.05) is 0 Å². The molecule has 0 aliphatic rings. The van der Waals surface area contributed by atoms with Crippen LogP contribution in [0.15, 0.2) is 0 Å². The van der Waals surface area contributed by atoms with Gasteiger partial charge in [0.1, 0.15) is 0 Å². The fraction of sp³-hybridized carbons (Fsp3) is 1.00. The molecule has 3 N–H and O–H groups in total. The van der Waals surface area contributed by atoms with Crippen LogP contribution >= 0.6 is 0 Å². The zero-order chi connectivity index (χ0) is 4.50. The Morgan fingerprint density at radius 1 is 1.00 bits per heavy atom. The van der Waals surface area contributed by atoms with E-state index < -0.39 is 5.60 Å². The van der Waals surface area contributed by atoms with Crippen LogP contribution in [-0.4, -0.2) is 119 Å². The average molecular weight is 172 g/mol. The van der Waals surface area contributed by atoms with Gasteiger partial charge in [-0.05, 0) is 20.8 Å². The van der Waals surface area contributed by atoms with E-state index in [1.54, 1.807) is 20.8 Å². The summed E-state index contributed by atoms with van der Waals surface area (Å²) in [4.78, 5) is 0. The third kappa shape index (κ3) is 60.5. The first-order chi connectivity index (χ1) is 2.00. The van der Waals surface area contributed by atoms with Crippen LogP contribution in [0.5, 0.6) is 0 Å². The van der Waals surface area contributed by atoms with E-state index in [2.05, 4.69) is 0 Å². The van der Waals surface area contributed by atoms with Gasteiger partial charge in [-0.3, -0.25) is 0 Å². The van der Waals surface area contributed by atoms with Crippen molar-refractivity contribution in [1.82, 2.24) is 0 Å². The standard InChI is InChI=1S/C4H10O.2K.H2O.2H/c1-4(2,3)5;;;;;/h5H,1-3H3;;;1H2;;. The predicted octanol–water partition coefficient (Wildman–Crippen LogP) is -1.34. The molecule has 0 aromatic rings. The Morgan fingerprint density at radius 3 is 1.00 bits per heavy atom. The van der Waals surface area contributed by atoms with E-state index in [1.807, 2.05) is 0 Å². The van der Waals surface area contributed by atoms with Crippen LogP contribution in [0.3, 0.4) is 0 Å². The fourth-order valence-electron chi connectivity index (χ4n) is 0. The first-order valence-electron chi connectivity index (χ1n) is 1.72. The molecular weight excluding hydrogens is 158 g/mol. The third-order valence-corrected chi connectivity index (χ3v) is 0. The van der Waals surface area contributed by atoms with Crippen LogP contribution in [0.2, 0.25) is 0 Å². The molecule has 0 aromatic heterocycles. The molecular formula is C4H14K2O2. The van der Waals surface area contributed by atoms with Crippen molar-refractivity contribution in [3.05, 3.63) is 0 Å². The molecule has 0 unspecified atom stereocenters. The van der Waals surface area contributed by atoms with Crippen LogP contribution in [0.4, 0.5) is 0 Å². The topological polar surface area (TPSA) is 51.7 Å². The Labute approximate surface area is 136 Å². The quantitative estimate of drug-likeness (QED) is 0.452. The molecule has 0 aromatic carbocycles. The zero-order valence-corrected chi connectivity index (χ0v) is 4.45. The molecule has 0 saturated heterocycles. The van der Waals surface area contributed by atoms with Crippen molar-refractivity contribution in [2.45, 2.75) is 26.4 Å². The van der Waals surface area contributed by atoms with Crippen molar-refractivity contribution in [2.75, 3.05) is 0 Å². The Bertz CT molecular complexity index is 27.5. The van der Waals surface area contributed by atoms with Crippen molar-refractivity contribution < 1.29 is 10.6 Å². The van der Waals surface area contributed by atoms with Crippen LogP contribution in [0, 0.1) is 0 Å². The number of hydrogen-bond acceptors (Lipinski definition) is 1. The van der Waals surface area contributed by atoms with Crippen LogP contribution in [0.1, 0.15) is 20.8 Å². The van der Waals surface area contributed by atoms with Gasteiger partial charge in [-0.15, -0.1) is 0 Å². The third-order valence-electron chi connectivity index (χ3n) is 0. The van der Waals surface area contributed by atoms with Gasteiger partial charge < -0.3 is 10.6 Å². The van der Waals surface area contributed by atoms with Crippen LogP contribution in [-0.2, 0) is 0 Å². The monoisotopic (exact) mass is 172 g/mol. The maximum atomic E-state index is 8.52. The van der Waals surface area contributed by atoms with Crippen LogP contribution in [0.25, 0.3) is 0 Å². The van der Waals surface area contributed by atoms with Gasteiger partial charge in [0.2, 0.25) is 0 Å². The first-order valence-corrected chi connectivity index (χ1v) is 1.72. The minimum atomic E-state index is -0.500. The van der Waals surface area contributed by atoms with Crippen molar-refractivity contribution in [1.29, 1.82) is 0 Å². The van der Waals surface area contributed by atoms with E-state index in [4.69, 9.17) is 5.11 Å². The van der Waals surface area contributed by atoms with Crippen molar-refractivity contribution >= 4 is 103 Å². The van der Waals surface area contributed by atoms with E-state index >= 15 is 0 Å². The fourth-order valence-corrected chi connectivity index (χ4v) is 0. The number of aliphatic hydroxyl groups is 1. The summed E-state index contributed by atoms with van der Waals surface area (Å²) < 4.78 is 0. The van der Waals surface area contributed by atoms with Crippen molar-refractivity contribution in [2.24, 2.45) is 0 Å². The summed E-state index contributed by atoms with van der Waals surface area (Å²) in [5, 5.41) is 8.52. The van der Waals surface area contributed by atoms with Gasteiger partial charge in [-0.2, -0.15) is 0 Å². The molecule has 0 fully saturated rings. The molecule has 0 radical (unpaired) electrons. The zero-order valence-electron chi connectivity index (χ0n) is 4.45. The summed E-state index contributed by atoms with van der Waals surface area (Å²) >= 11 is 0. The molecule has 0 spiro atoms. The van der Waals surface area contributed by atoms with Crippen molar-refractivity contribution in [3.8, 4) is 0 Å². The first kappa shape index (κ1) is 22.5. The molecule has 2 nitrogen and oxygen atoms in total. The second-order valence-corrected chi connectivity index (χ2v) is 2.17. The van der Waals surface area contributed by atoms with E-state index in [0.29, 0.717) is 0 Å². The molecule has 0 atom stereocenters. The molecule has 0 bridgehead atoms. The Morgan fingerprint density at radius 2 is 1.00 bits per heavy atom. The summed E-state index contributed by atoms with van der Waals surface area (Å²) in [5.41, 5.74) is -0.500. The summed E-state index contributed by atoms with van der Waals surface area (Å²) in [7, 11) is 0. The molecule has 8 heavy (non-hydrogen) atoms. The van der Waals surface area contributed by atoms with E-state index in [9.17, 15) is 0 Å². The average Bonchev–Trinajstić information content (AvgIpc) is 0.722. The second kappa shape index (κ2) is 10.2. The molecule has 0 heterocycles. The normalized spacial score (nSPS) is 7.50. The van der Waals surface area contributed by atoms with Gasteiger partial charge in [0.25, 0.3) is 0 Å². The predicted molar refractivity (Wildman–Crippen MR) is 39.9 cm³/mol. The van der Waals surface area contributed by atoms with Gasteiger partial charge in [0.05, 0.1) is 5.60 Å². The van der Waals surface area contributed by atoms with Gasteiger partial charge >= 0.3 is 103 Å². The molecule has 4 heteroatoms. The molecule has 0 saturated carbocycles. The Hall–Kier alpha value is 3.19. The minimum absolute atomic E-state index is 0. The Kier molecular flexibility index (Phi) is 28.6. The van der Waals surface area contributed by atoms with Crippen LogP contribution < -0.4 is 0 Å². The maximum absolute atomic E-state index is 8.52. The summed E-state index contributed by atoms with van der Waals surface area (Å²) in [5.74, 6) is 0.